The summed E-state index contributed by atoms with van der Waals surface area (Å²) >= 11 is 7.76. The summed E-state index contributed by atoms with van der Waals surface area (Å²) in [5.41, 5.74) is 3.51. The van der Waals surface area contributed by atoms with Crippen LogP contribution >= 0.6 is 22.9 Å². The first kappa shape index (κ1) is 13.5. The van der Waals surface area contributed by atoms with Gasteiger partial charge in [0.2, 0.25) is 0 Å². The maximum atomic E-state index is 10.2. The average Bonchev–Trinajstić information content (AvgIpc) is 2.99. The van der Waals surface area contributed by atoms with Crippen LogP contribution in [0.1, 0.15) is 36.2 Å². The van der Waals surface area contributed by atoms with E-state index in [-0.39, 0.29) is 0 Å². The zero-order valence-electron chi connectivity index (χ0n) is 10.4. The van der Waals surface area contributed by atoms with E-state index >= 15 is 0 Å². The number of rotatable bonds is 5. The Labute approximate surface area is 115 Å². The van der Waals surface area contributed by atoms with Crippen molar-refractivity contribution in [2.75, 3.05) is 0 Å². The van der Waals surface area contributed by atoms with Crippen molar-refractivity contribution in [2.24, 2.45) is 0 Å². The van der Waals surface area contributed by atoms with Crippen molar-refractivity contribution in [1.82, 2.24) is 14.8 Å². The van der Waals surface area contributed by atoms with Crippen LogP contribution in [0.4, 0.5) is 0 Å². The summed E-state index contributed by atoms with van der Waals surface area (Å²) in [6.07, 6.45) is 2.40. The predicted octanol–water partition coefficient (Wildman–Crippen LogP) is 2.85. The van der Waals surface area contributed by atoms with E-state index < -0.39 is 6.10 Å². The molecule has 0 fully saturated rings. The molecule has 4 nitrogen and oxygen atoms in total. The molecular weight excluding hydrogens is 270 g/mol. The van der Waals surface area contributed by atoms with Crippen LogP contribution < -0.4 is 0 Å². The second kappa shape index (κ2) is 5.82. The number of aliphatic hydroxyl groups is 1. The molecule has 98 valence electrons. The van der Waals surface area contributed by atoms with Gasteiger partial charge in [0.05, 0.1) is 32.9 Å². The molecule has 2 aromatic heterocycles. The number of nitrogens with zero attached hydrogens (tertiary/aromatic N) is 3. The first-order valence-corrected chi connectivity index (χ1v) is 7.23. The van der Waals surface area contributed by atoms with Crippen molar-refractivity contribution in [2.45, 2.75) is 39.3 Å². The maximum Gasteiger partial charge on any atom is 0.0953 e. The highest BCUT2D eigenvalue weighted by Crippen LogP contribution is 2.28. The summed E-state index contributed by atoms with van der Waals surface area (Å²) in [4.78, 5) is 4.83. The molecule has 0 radical (unpaired) electrons. The molecule has 18 heavy (non-hydrogen) atoms. The van der Waals surface area contributed by atoms with E-state index in [0.29, 0.717) is 11.4 Å². The Bertz CT molecular complexity index is 510. The topological polar surface area (TPSA) is 50.9 Å². The van der Waals surface area contributed by atoms with E-state index in [2.05, 4.69) is 10.1 Å². The molecule has 1 unspecified atom stereocenters. The summed E-state index contributed by atoms with van der Waals surface area (Å²) in [5.74, 6) is 0. The van der Waals surface area contributed by atoms with Crippen LogP contribution in [0.25, 0.3) is 0 Å². The smallest absolute Gasteiger partial charge is 0.0953 e. The Kier molecular flexibility index (Phi) is 4.37. The third kappa shape index (κ3) is 2.58. The largest absolute Gasteiger partial charge is 0.387 e. The van der Waals surface area contributed by atoms with Crippen molar-refractivity contribution in [3.8, 4) is 0 Å². The number of aliphatic hydroxyl groups excluding tert-OH is 1. The summed E-state index contributed by atoms with van der Waals surface area (Å²) in [5, 5.41) is 15.3. The number of aryl methyl sites for hydroxylation is 2. The monoisotopic (exact) mass is 285 g/mol. The van der Waals surface area contributed by atoms with E-state index in [1.54, 1.807) is 11.7 Å². The molecule has 2 aromatic rings. The Hall–Kier alpha value is -0.910. The second-order valence-electron chi connectivity index (χ2n) is 4.00. The Morgan fingerprint density at radius 2 is 2.28 bits per heavy atom. The number of hydrogen-bond acceptors (Lipinski definition) is 4. The molecule has 2 heterocycles. The Morgan fingerprint density at radius 1 is 1.50 bits per heavy atom. The lowest BCUT2D eigenvalue weighted by Gasteiger charge is -2.10. The van der Waals surface area contributed by atoms with Gasteiger partial charge in [-0.2, -0.15) is 5.10 Å². The molecule has 0 saturated heterocycles. The molecule has 0 aliphatic rings. The van der Waals surface area contributed by atoms with Crippen LogP contribution in [-0.2, 0) is 19.4 Å². The highest BCUT2D eigenvalue weighted by atomic mass is 35.5. The van der Waals surface area contributed by atoms with E-state index in [0.717, 1.165) is 29.2 Å². The minimum Gasteiger partial charge on any atom is -0.387 e. The second-order valence-corrected chi connectivity index (χ2v) is 5.30. The fraction of sp³-hybridized carbons (Fsp3) is 0.500. The quantitative estimate of drug-likeness (QED) is 0.919. The first-order chi connectivity index (χ1) is 8.67. The molecule has 0 aliphatic carbocycles. The Balaban J connectivity index is 2.25. The van der Waals surface area contributed by atoms with Gasteiger partial charge < -0.3 is 5.11 Å². The zero-order valence-corrected chi connectivity index (χ0v) is 12.0. The molecule has 0 bridgehead atoms. The molecule has 0 spiro atoms. The van der Waals surface area contributed by atoms with Crippen molar-refractivity contribution in [1.29, 1.82) is 0 Å². The lowest BCUT2D eigenvalue weighted by Crippen LogP contribution is -2.08. The number of halogens is 1. The standard InChI is InChI=1S/C12H16ClN3OS/c1-3-8-12(13)9(16(4-2)15-8)5-10(17)11-6-14-7-18-11/h6-7,10,17H,3-5H2,1-2H3. The minimum absolute atomic E-state index is 0.474. The number of aromatic nitrogens is 3. The van der Waals surface area contributed by atoms with Gasteiger partial charge in [0.15, 0.2) is 0 Å². The normalized spacial score (nSPS) is 12.9. The third-order valence-corrected chi connectivity index (χ3v) is 4.17. The molecular formula is C12H16ClN3OS. The molecule has 0 saturated carbocycles. The number of hydrogen-bond donors (Lipinski definition) is 1. The van der Waals surface area contributed by atoms with Gasteiger partial charge >= 0.3 is 0 Å². The lowest BCUT2D eigenvalue weighted by molar-refractivity contribution is 0.179. The van der Waals surface area contributed by atoms with Gasteiger partial charge in [0.25, 0.3) is 0 Å². The summed E-state index contributed by atoms with van der Waals surface area (Å²) in [7, 11) is 0. The highest BCUT2D eigenvalue weighted by molar-refractivity contribution is 7.09. The third-order valence-electron chi connectivity index (χ3n) is 2.86. The van der Waals surface area contributed by atoms with Gasteiger partial charge in [-0.15, -0.1) is 11.3 Å². The summed E-state index contributed by atoms with van der Waals surface area (Å²) < 4.78 is 1.87. The van der Waals surface area contributed by atoms with E-state index in [4.69, 9.17) is 11.6 Å². The summed E-state index contributed by atoms with van der Waals surface area (Å²) in [6.45, 7) is 4.80. The van der Waals surface area contributed by atoms with Gasteiger partial charge in [-0.05, 0) is 13.3 Å². The van der Waals surface area contributed by atoms with Crippen LogP contribution in [0.2, 0.25) is 5.02 Å². The average molecular weight is 286 g/mol. The fourth-order valence-electron chi connectivity index (χ4n) is 1.89. The minimum atomic E-state index is -0.568. The van der Waals surface area contributed by atoms with Gasteiger partial charge in [0, 0.05) is 19.2 Å². The van der Waals surface area contributed by atoms with Crippen LogP contribution in [0.5, 0.6) is 0 Å². The van der Waals surface area contributed by atoms with E-state index in [1.807, 2.05) is 18.5 Å². The van der Waals surface area contributed by atoms with Crippen molar-refractivity contribution in [3.05, 3.63) is 33.0 Å². The highest BCUT2D eigenvalue weighted by Gasteiger charge is 2.19. The van der Waals surface area contributed by atoms with Crippen molar-refractivity contribution < 1.29 is 5.11 Å². The van der Waals surface area contributed by atoms with Crippen molar-refractivity contribution >= 4 is 22.9 Å². The maximum absolute atomic E-state index is 10.2. The SMILES string of the molecule is CCc1nn(CC)c(CC(O)c2cncs2)c1Cl. The number of thiazole rings is 1. The molecule has 6 heteroatoms. The molecule has 0 aliphatic heterocycles. The van der Waals surface area contributed by atoms with E-state index in [9.17, 15) is 5.11 Å². The summed E-state index contributed by atoms with van der Waals surface area (Å²) in [6, 6.07) is 0. The van der Waals surface area contributed by atoms with Crippen LogP contribution in [-0.4, -0.2) is 19.9 Å². The van der Waals surface area contributed by atoms with Gasteiger partial charge in [-0.25, -0.2) is 0 Å². The lowest BCUT2D eigenvalue weighted by atomic mass is 10.1. The fourth-order valence-corrected chi connectivity index (χ4v) is 2.84. The molecule has 2 rings (SSSR count). The predicted molar refractivity (Wildman–Crippen MR) is 73.1 cm³/mol. The van der Waals surface area contributed by atoms with Gasteiger partial charge in [-0.3, -0.25) is 9.67 Å². The molecule has 1 N–H and O–H groups in total. The first-order valence-electron chi connectivity index (χ1n) is 5.97. The zero-order chi connectivity index (χ0) is 13.1. The van der Waals surface area contributed by atoms with Crippen LogP contribution in [0.3, 0.4) is 0 Å². The van der Waals surface area contributed by atoms with Gasteiger partial charge in [0.1, 0.15) is 0 Å². The van der Waals surface area contributed by atoms with Gasteiger partial charge in [-0.1, -0.05) is 18.5 Å². The van der Waals surface area contributed by atoms with Crippen LogP contribution in [0, 0.1) is 0 Å². The van der Waals surface area contributed by atoms with Crippen LogP contribution in [0.15, 0.2) is 11.7 Å². The Morgan fingerprint density at radius 3 is 2.83 bits per heavy atom. The molecule has 0 aromatic carbocycles. The molecule has 1 atom stereocenters. The van der Waals surface area contributed by atoms with E-state index in [1.165, 1.54) is 11.3 Å². The van der Waals surface area contributed by atoms with Crippen molar-refractivity contribution in [3.63, 3.8) is 0 Å². The molecule has 0 amide bonds.